The fourth-order valence-corrected chi connectivity index (χ4v) is 6.05. The summed E-state index contributed by atoms with van der Waals surface area (Å²) in [5, 5.41) is 10.7. The Balaban J connectivity index is 1.50. The summed E-state index contributed by atoms with van der Waals surface area (Å²) in [6.45, 7) is 4.55. The first kappa shape index (κ1) is 20.9. The first-order valence-corrected chi connectivity index (χ1v) is 12.2. The van der Waals surface area contributed by atoms with Crippen LogP contribution < -0.4 is 4.74 Å². The number of aliphatic hydroxyl groups is 1. The van der Waals surface area contributed by atoms with Crippen molar-refractivity contribution in [3.8, 4) is 5.75 Å². The molecule has 1 aliphatic rings. The molecule has 1 saturated heterocycles. The molecule has 1 aromatic heterocycles. The summed E-state index contributed by atoms with van der Waals surface area (Å²) in [6.07, 6.45) is 0.553. The highest BCUT2D eigenvalue weighted by Crippen LogP contribution is 2.25. The first-order chi connectivity index (χ1) is 14.3. The number of hydrogen-bond acceptors (Lipinski definition) is 5. The summed E-state index contributed by atoms with van der Waals surface area (Å²) in [7, 11) is -2.93. The predicted molar refractivity (Wildman–Crippen MR) is 118 cm³/mol. The Labute approximate surface area is 177 Å². The second-order valence-corrected chi connectivity index (χ2v) is 10.6. The lowest BCUT2D eigenvalue weighted by atomic mass is 10.1. The number of para-hydroxylation sites is 2. The van der Waals surface area contributed by atoms with Crippen molar-refractivity contribution >= 4 is 20.9 Å². The van der Waals surface area contributed by atoms with Crippen molar-refractivity contribution < 1.29 is 18.3 Å². The molecule has 0 amide bonds. The molecular formula is C23H28N2O4S. The number of aromatic nitrogens is 2. The van der Waals surface area contributed by atoms with Crippen LogP contribution in [0.15, 0.2) is 42.5 Å². The van der Waals surface area contributed by atoms with Crippen molar-refractivity contribution in [1.29, 1.82) is 0 Å². The fourth-order valence-electron chi connectivity index (χ4n) is 4.19. The predicted octanol–water partition coefficient (Wildman–Crippen LogP) is 3.07. The topological polar surface area (TPSA) is 81.4 Å². The van der Waals surface area contributed by atoms with E-state index in [9.17, 15) is 13.5 Å². The van der Waals surface area contributed by atoms with E-state index in [-0.39, 0.29) is 24.0 Å². The molecule has 3 aromatic rings. The summed E-state index contributed by atoms with van der Waals surface area (Å²) >= 11 is 0. The maximum atomic E-state index is 11.9. The highest BCUT2D eigenvalue weighted by molar-refractivity contribution is 7.91. The molecule has 1 fully saturated rings. The number of ether oxygens (including phenoxy) is 1. The molecule has 7 heteroatoms. The Morgan fingerprint density at radius 2 is 2.03 bits per heavy atom. The van der Waals surface area contributed by atoms with E-state index in [0.29, 0.717) is 19.4 Å². The quantitative estimate of drug-likeness (QED) is 0.625. The standard InChI is InChI=1S/C23H28N2O4S/c1-16-7-8-22(17(2)11-16)29-14-19(26)13-25-21-6-4-3-5-20(21)24-23(25)12-18-9-10-30(27,28)15-18/h3-8,11,18-19,26H,9-10,12-15H2,1-2H3/t18-,19+/m0/s1. The number of sulfone groups is 1. The normalized spacial score (nSPS) is 19.2. The smallest absolute Gasteiger partial charge is 0.150 e. The van der Waals surface area contributed by atoms with Crippen molar-refractivity contribution in [1.82, 2.24) is 9.55 Å². The molecular weight excluding hydrogens is 400 g/mol. The zero-order chi connectivity index (χ0) is 21.3. The van der Waals surface area contributed by atoms with Gasteiger partial charge in [-0.2, -0.15) is 0 Å². The zero-order valence-electron chi connectivity index (χ0n) is 17.4. The van der Waals surface area contributed by atoms with E-state index in [2.05, 4.69) is 6.07 Å². The van der Waals surface area contributed by atoms with E-state index >= 15 is 0 Å². The van der Waals surface area contributed by atoms with Gasteiger partial charge in [0.1, 0.15) is 24.3 Å². The molecule has 160 valence electrons. The number of aliphatic hydroxyl groups excluding tert-OH is 1. The summed E-state index contributed by atoms with van der Waals surface area (Å²) in [6, 6.07) is 13.8. The van der Waals surface area contributed by atoms with Gasteiger partial charge in [0.25, 0.3) is 0 Å². The molecule has 0 saturated carbocycles. The lowest BCUT2D eigenvalue weighted by Crippen LogP contribution is -2.25. The molecule has 2 heterocycles. The minimum atomic E-state index is -2.93. The summed E-state index contributed by atoms with van der Waals surface area (Å²) in [5.41, 5.74) is 4.01. The average molecular weight is 429 g/mol. The molecule has 1 aliphatic heterocycles. The van der Waals surface area contributed by atoms with Crippen LogP contribution in [0.5, 0.6) is 5.75 Å². The molecule has 0 unspecified atom stereocenters. The lowest BCUT2D eigenvalue weighted by molar-refractivity contribution is 0.0922. The van der Waals surface area contributed by atoms with Crippen molar-refractivity contribution in [3.63, 3.8) is 0 Å². The Morgan fingerprint density at radius 1 is 1.23 bits per heavy atom. The molecule has 0 aliphatic carbocycles. The van der Waals surface area contributed by atoms with Crippen LogP contribution in [0.25, 0.3) is 11.0 Å². The summed E-state index contributed by atoms with van der Waals surface area (Å²) < 4.78 is 31.6. The monoisotopic (exact) mass is 428 g/mol. The maximum Gasteiger partial charge on any atom is 0.150 e. The number of aryl methyl sites for hydroxylation is 2. The Kier molecular flexibility index (Phi) is 5.84. The number of fused-ring (bicyclic) bond motifs is 1. The van der Waals surface area contributed by atoms with Crippen molar-refractivity contribution in [2.45, 2.75) is 39.3 Å². The van der Waals surface area contributed by atoms with Crippen LogP contribution >= 0.6 is 0 Å². The fraction of sp³-hybridized carbons (Fsp3) is 0.435. The minimum absolute atomic E-state index is 0.0779. The molecule has 2 aromatic carbocycles. The number of hydrogen-bond donors (Lipinski definition) is 1. The summed E-state index contributed by atoms with van der Waals surface area (Å²) in [4.78, 5) is 4.74. The third kappa shape index (κ3) is 4.68. The van der Waals surface area contributed by atoms with E-state index in [1.807, 2.05) is 54.8 Å². The van der Waals surface area contributed by atoms with Crippen LogP contribution in [0, 0.1) is 19.8 Å². The van der Waals surface area contributed by atoms with Gasteiger partial charge >= 0.3 is 0 Å². The van der Waals surface area contributed by atoms with Gasteiger partial charge in [-0.25, -0.2) is 13.4 Å². The van der Waals surface area contributed by atoms with E-state index in [1.165, 1.54) is 5.56 Å². The van der Waals surface area contributed by atoms with Crippen LogP contribution in [0.1, 0.15) is 23.4 Å². The highest BCUT2D eigenvalue weighted by Gasteiger charge is 2.29. The van der Waals surface area contributed by atoms with Crippen LogP contribution in [-0.4, -0.2) is 47.3 Å². The van der Waals surface area contributed by atoms with Gasteiger partial charge < -0.3 is 14.4 Å². The van der Waals surface area contributed by atoms with E-state index < -0.39 is 15.9 Å². The SMILES string of the molecule is Cc1ccc(OC[C@H](O)Cn2c(C[C@@H]3CCS(=O)(=O)C3)nc3ccccc32)c(C)c1. The molecule has 1 N–H and O–H groups in total. The van der Waals surface area contributed by atoms with Gasteiger partial charge in [-0.1, -0.05) is 29.8 Å². The summed E-state index contributed by atoms with van der Waals surface area (Å²) in [5.74, 6) is 2.14. The Bertz CT molecular complexity index is 1150. The Hall–Kier alpha value is -2.38. The van der Waals surface area contributed by atoms with Gasteiger partial charge in [-0.3, -0.25) is 0 Å². The third-order valence-corrected chi connectivity index (χ3v) is 7.52. The largest absolute Gasteiger partial charge is 0.491 e. The Morgan fingerprint density at radius 3 is 2.77 bits per heavy atom. The van der Waals surface area contributed by atoms with Crippen molar-refractivity contribution in [3.05, 3.63) is 59.4 Å². The molecule has 0 radical (unpaired) electrons. The second kappa shape index (κ2) is 8.40. The maximum absolute atomic E-state index is 11.9. The highest BCUT2D eigenvalue weighted by atomic mass is 32.2. The minimum Gasteiger partial charge on any atom is -0.491 e. The van der Waals surface area contributed by atoms with Gasteiger partial charge in [-0.15, -0.1) is 0 Å². The third-order valence-electron chi connectivity index (χ3n) is 5.69. The molecule has 0 spiro atoms. The van der Waals surface area contributed by atoms with Crippen LogP contribution in [0.2, 0.25) is 0 Å². The molecule has 4 rings (SSSR count). The molecule has 0 bridgehead atoms. The number of imidazole rings is 1. The van der Waals surface area contributed by atoms with Gasteiger partial charge in [0.05, 0.1) is 29.1 Å². The molecule has 6 nitrogen and oxygen atoms in total. The van der Waals surface area contributed by atoms with Crippen LogP contribution in [-0.2, 0) is 22.8 Å². The van der Waals surface area contributed by atoms with Gasteiger partial charge in [-0.05, 0) is 49.9 Å². The zero-order valence-corrected chi connectivity index (χ0v) is 18.2. The van der Waals surface area contributed by atoms with E-state index in [1.54, 1.807) is 0 Å². The molecule has 2 atom stereocenters. The van der Waals surface area contributed by atoms with E-state index in [4.69, 9.17) is 9.72 Å². The van der Waals surface area contributed by atoms with Gasteiger partial charge in [0, 0.05) is 6.42 Å². The van der Waals surface area contributed by atoms with Crippen molar-refractivity contribution in [2.24, 2.45) is 5.92 Å². The van der Waals surface area contributed by atoms with Crippen molar-refractivity contribution in [2.75, 3.05) is 18.1 Å². The number of rotatable bonds is 7. The van der Waals surface area contributed by atoms with E-state index in [0.717, 1.165) is 28.2 Å². The number of nitrogens with zero attached hydrogens (tertiary/aromatic N) is 2. The number of benzene rings is 2. The first-order valence-electron chi connectivity index (χ1n) is 10.3. The lowest BCUT2D eigenvalue weighted by Gasteiger charge is -2.17. The van der Waals surface area contributed by atoms with Crippen LogP contribution in [0.4, 0.5) is 0 Å². The van der Waals surface area contributed by atoms with Crippen LogP contribution in [0.3, 0.4) is 0 Å². The average Bonchev–Trinajstić information content (AvgIpc) is 3.20. The van der Waals surface area contributed by atoms with Gasteiger partial charge in [0.15, 0.2) is 9.84 Å². The second-order valence-electron chi connectivity index (χ2n) is 8.33. The molecule has 30 heavy (non-hydrogen) atoms. The van der Waals surface area contributed by atoms with Gasteiger partial charge in [0.2, 0.25) is 0 Å².